The van der Waals surface area contributed by atoms with E-state index in [1.807, 2.05) is 0 Å². The summed E-state index contributed by atoms with van der Waals surface area (Å²) < 4.78 is 0. The lowest BCUT2D eigenvalue weighted by atomic mass is 9.79. The average molecular weight is 735 g/mol. The number of hydrogen-bond acceptors (Lipinski definition) is 0. The van der Waals surface area contributed by atoms with Crippen molar-refractivity contribution < 1.29 is 0 Å². The highest BCUT2D eigenvalue weighted by atomic mass is 31.1. The standard InChI is InChI=1S/C52H48P2/c1-51(2,3)49-41-29-25-33-17-9-13-21-37(33)45(41)43-35-19-11-7-15-31(35)23-27-39(43)47(53-49)48-40-28-24-32-16-8-12-20-36(32)44(40)46-38-22-14-10-18-34(38)26-30-42(46)50(54-48)52(4,5)6/h7-30,47-50,53-54H,1-6H3/t47-,48-,49-,50-/m0/s1. The molecule has 0 saturated carbocycles. The van der Waals surface area contributed by atoms with Gasteiger partial charge in [0.15, 0.2) is 0 Å². The van der Waals surface area contributed by atoms with E-state index in [0.29, 0.717) is 22.6 Å². The van der Waals surface area contributed by atoms with Crippen molar-refractivity contribution in [3.63, 3.8) is 0 Å². The highest BCUT2D eigenvalue weighted by Crippen LogP contribution is 2.72. The fourth-order valence-corrected chi connectivity index (χ4v) is 14.7. The third-order valence-corrected chi connectivity index (χ3v) is 17.8. The minimum Gasteiger partial charge on any atom is -0.105 e. The second kappa shape index (κ2) is 12.6. The van der Waals surface area contributed by atoms with Crippen LogP contribution in [0.25, 0.3) is 65.3 Å². The molecule has 8 aromatic rings. The maximum Gasteiger partial charge on any atom is 0.0132 e. The molecule has 266 valence electrons. The third kappa shape index (κ3) is 5.32. The molecule has 2 aliphatic heterocycles. The summed E-state index contributed by atoms with van der Waals surface area (Å²) in [5.41, 5.74) is 13.7. The van der Waals surface area contributed by atoms with Gasteiger partial charge in [-0.3, -0.25) is 0 Å². The molecular weight excluding hydrogens is 687 g/mol. The summed E-state index contributed by atoms with van der Waals surface area (Å²) in [5, 5.41) is 10.8. The van der Waals surface area contributed by atoms with Crippen molar-refractivity contribution in [2.24, 2.45) is 10.8 Å². The predicted octanol–water partition coefficient (Wildman–Crippen LogP) is 16.0. The van der Waals surface area contributed by atoms with Crippen LogP contribution in [0.5, 0.6) is 0 Å². The minimum atomic E-state index is 0.0778. The Morgan fingerprint density at radius 3 is 0.870 bits per heavy atom. The Hall–Kier alpha value is -4.34. The van der Waals surface area contributed by atoms with Gasteiger partial charge >= 0.3 is 0 Å². The minimum absolute atomic E-state index is 0.0778. The summed E-state index contributed by atoms with van der Waals surface area (Å²) in [6.07, 6.45) is 0. The van der Waals surface area contributed by atoms with E-state index in [1.54, 1.807) is 0 Å². The predicted molar refractivity (Wildman–Crippen MR) is 240 cm³/mol. The first-order valence-corrected chi connectivity index (χ1v) is 22.0. The van der Waals surface area contributed by atoms with Gasteiger partial charge in [0.05, 0.1) is 0 Å². The molecule has 0 aliphatic carbocycles. The van der Waals surface area contributed by atoms with Gasteiger partial charge in [0.2, 0.25) is 0 Å². The molecule has 6 atom stereocenters. The van der Waals surface area contributed by atoms with Gasteiger partial charge in [0.1, 0.15) is 0 Å². The molecule has 10 rings (SSSR count). The zero-order valence-electron chi connectivity index (χ0n) is 32.2. The summed E-state index contributed by atoms with van der Waals surface area (Å²) in [6.45, 7) is 14.9. The summed E-state index contributed by atoms with van der Waals surface area (Å²) in [7, 11) is 1.46. The Labute approximate surface area is 324 Å². The molecule has 2 heterocycles. The molecule has 0 fully saturated rings. The molecule has 54 heavy (non-hydrogen) atoms. The van der Waals surface area contributed by atoms with Gasteiger partial charge in [-0.05, 0) is 98.4 Å². The smallest absolute Gasteiger partial charge is 0.0132 e. The van der Waals surface area contributed by atoms with Crippen molar-refractivity contribution in [1.82, 2.24) is 0 Å². The quantitative estimate of drug-likeness (QED) is 0.147. The lowest BCUT2D eigenvalue weighted by Crippen LogP contribution is -2.18. The van der Waals surface area contributed by atoms with Gasteiger partial charge in [-0.15, -0.1) is 17.2 Å². The number of hydrogen-bond donors (Lipinski definition) is 0. The third-order valence-electron chi connectivity index (χ3n) is 12.4. The Bertz CT molecular complexity index is 2580. The summed E-state index contributed by atoms with van der Waals surface area (Å²) in [6, 6.07) is 56.4. The fraction of sp³-hybridized carbons (Fsp3) is 0.231. The van der Waals surface area contributed by atoms with Crippen LogP contribution in [0, 0.1) is 10.8 Å². The Balaban J connectivity index is 1.35. The molecule has 2 aliphatic rings. The Kier molecular flexibility index (Phi) is 7.97. The van der Waals surface area contributed by atoms with Crippen LogP contribution in [0.4, 0.5) is 0 Å². The van der Waals surface area contributed by atoms with Crippen LogP contribution < -0.4 is 0 Å². The molecule has 0 bridgehead atoms. The van der Waals surface area contributed by atoms with Crippen LogP contribution >= 0.6 is 17.2 Å². The van der Waals surface area contributed by atoms with Crippen molar-refractivity contribution in [2.45, 2.75) is 64.2 Å². The molecule has 2 heteroatoms. The topological polar surface area (TPSA) is 0 Å². The van der Waals surface area contributed by atoms with Crippen molar-refractivity contribution >= 4 is 60.3 Å². The van der Waals surface area contributed by atoms with Crippen molar-refractivity contribution in [3.8, 4) is 22.3 Å². The van der Waals surface area contributed by atoms with E-state index in [0.717, 1.165) is 17.2 Å². The number of rotatable bonds is 1. The van der Waals surface area contributed by atoms with Crippen LogP contribution in [0.1, 0.15) is 86.4 Å². The lowest BCUT2D eigenvalue weighted by molar-refractivity contribution is 0.396. The Morgan fingerprint density at radius 1 is 0.315 bits per heavy atom. The molecule has 0 N–H and O–H groups in total. The normalized spacial score (nSPS) is 20.8. The van der Waals surface area contributed by atoms with Crippen molar-refractivity contribution in [3.05, 3.63) is 168 Å². The highest BCUT2D eigenvalue weighted by molar-refractivity contribution is 7.44. The van der Waals surface area contributed by atoms with Crippen LogP contribution in [0.2, 0.25) is 0 Å². The first-order chi connectivity index (χ1) is 26.1. The van der Waals surface area contributed by atoms with Gasteiger partial charge in [-0.1, -0.05) is 187 Å². The van der Waals surface area contributed by atoms with E-state index >= 15 is 0 Å². The second-order valence-electron chi connectivity index (χ2n) is 17.9. The molecule has 0 saturated heterocycles. The molecule has 0 aromatic heterocycles. The van der Waals surface area contributed by atoms with Crippen LogP contribution in [0.3, 0.4) is 0 Å². The van der Waals surface area contributed by atoms with E-state index in [1.165, 1.54) is 87.6 Å². The van der Waals surface area contributed by atoms with Gasteiger partial charge in [-0.2, -0.15) is 0 Å². The van der Waals surface area contributed by atoms with Gasteiger partial charge < -0.3 is 0 Å². The number of benzene rings is 8. The average Bonchev–Trinajstić information content (AvgIpc) is 3.43. The maximum absolute atomic E-state index is 2.55. The summed E-state index contributed by atoms with van der Waals surface area (Å²) in [4.78, 5) is 0. The fourth-order valence-electron chi connectivity index (χ4n) is 9.97. The van der Waals surface area contributed by atoms with Crippen LogP contribution in [0.15, 0.2) is 146 Å². The summed E-state index contributed by atoms with van der Waals surface area (Å²) in [5.74, 6) is 0. The van der Waals surface area contributed by atoms with E-state index in [-0.39, 0.29) is 10.8 Å². The van der Waals surface area contributed by atoms with E-state index < -0.39 is 0 Å². The Morgan fingerprint density at radius 2 is 0.574 bits per heavy atom. The van der Waals surface area contributed by atoms with Crippen molar-refractivity contribution in [1.29, 1.82) is 0 Å². The zero-order valence-corrected chi connectivity index (χ0v) is 34.2. The largest absolute Gasteiger partial charge is 0.105 e. The molecule has 0 nitrogen and oxygen atoms in total. The highest BCUT2D eigenvalue weighted by Gasteiger charge is 2.44. The first kappa shape index (κ1) is 34.2. The molecule has 2 unspecified atom stereocenters. The van der Waals surface area contributed by atoms with Crippen LogP contribution in [-0.4, -0.2) is 0 Å². The zero-order chi connectivity index (χ0) is 36.9. The summed E-state index contributed by atoms with van der Waals surface area (Å²) >= 11 is 0. The number of fused-ring (bicyclic) bond motifs is 14. The first-order valence-electron chi connectivity index (χ1n) is 19.7. The van der Waals surface area contributed by atoms with Gasteiger partial charge in [-0.25, -0.2) is 0 Å². The molecule has 8 aromatic carbocycles. The van der Waals surface area contributed by atoms with Crippen molar-refractivity contribution in [2.75, 3.05) is 0 Å². The lowest BCUT2D eigenvalue weighted by Gasteiger charge is -2.39. The second-order valence-corrected chi connectivity index (χ2v) is 21.0. The monoisotopic (exact) mass is 734 g/mol. The van der Waals surface area contributed by atoms with Crippen LogP contribution in [-0.2, 0) is 0 Å². The molecule has 0 spiro atoms. The van der Waals surface area contributed by atoms with E-state index in [2.05, 4.69) is 187 Å². The SMILES string of the molecule is CC(C)(C)[C@H]1P[C@H]([C@H]2P[C@H](C(C)(C)C)c3ccc4ccccc4c3-c3c2ccc2ccccc32)c2ccc3ccccc3c2-c2c1ccc1ccccc21. The maximum atomic E-state index is 2.55. The van der Waals surface area contributed by atoms with Gasteiger partial charge in [0.25, 0.3) is 0 Å². The molecule has 0 radical (unpaired) electrons. The molecular formula is C52H48P2. The molecule has 0 amide bonds. The van der Waals surface area contributed by atoms with Gasteiger partial charge in [0, 0.05) is 22.6 Å². The van der Waals surface area contributed by atoms with E-state index in [9.17, 15) is 0 Å². The van der Waals surface area contributed by atoms with E-state index in [4.69, 9.17) is 0 Å².